The Labute approximate surface area is 135 Å². The number of hydrogen-bond donors (Lipinski definition) is 0. The second kappa shape index (κ2) is 5.99. The molecule has 0 atom stereocenters. The van der Waals surface area contributed by atoms with Crippen LogP contribution in [0.2, 0.25) is 0 Å². The summed E-state index contributed by atoms with van der Waals surface area (Å²) in [6.45, 7) is 3.44. The molecule has 1 aliphatic rings. The molecule has 0 radical (unpaired) electrons. The molecule has 5 nitrogen and oxygen atoms in total. The van der Waals surface area contributed by atoms with Gasteiger partial charge in [0.05, 0.1) is 5.52 Å². The van der Waals surface area contributed by atoms with Crippen molar-refractivity contribution in [2.24, 2.45) is 0 Å². The predicted molar refractivity (Wildman–Crippen MR) is 88.4 cm³/mol. The molecule has 0 saturated carbocycles. The van der Waals surface area contributed by atoms with E-state index in [0.717, 1.165) is 47.0 Å². The summed E-state index contributed by atoms with van der Waals surface area (Å²) < 4.78 is 8.27. The number of aryl methyl sites for hydroxylation is 2. The van der Waals surface area contributed by atoms with Crippen LogP contribution in [-0.4, -0.2) is 19.7 Å². The topological polar surface area (TPSA) is 52.8 Å². The summed E-state index contributed by atoms with van der Waals surface area (Å²) >= 11 is 0. The van der Waals surface area contributed by atoms with Gasteiger partial charge in [-0.2, -0.15) is 0 Å². The molecular formula is C18H20N4O. The van der Waals surface area contributed by atoms with E-state index in [2.05, 4.69) is 25.8 Å². The van der Waals surface area contributed by atoms with Gasteiger partial charge in [-0.15, -0.1) is 10.2 Å². The van der Waals surface area contributed by atoms with E-state index in [1.54, 1.807) is 0 Å². The van der Waals surface area contributed by atoms with Crippen molar-refractivity contribution in [2.75, 3.05) is 0 Å². The molecular weight excluding hydrogens is 288 g/mol. The van der Waals surface area contributed by atoms with Crippen molar-refractivity contribution < 1.29 is 4.74 Å². The Morgan fingerprint density at radius 3 is 3.00 bits per heavy atom. The lowest BCUT2D eigenvalue weighted by molar-refractivity contribution is 0.291. The van der Waals surface area contributed by atoms with E-state index >= 15 is 0 Å². The van der Waals surface area contributed by atoms with E-state index in [9.17, 15) is 0 Å². The van der Waals surface area contributed by atoms with Crippen molar-refractivity contribution in [1.82, 2.24) is 19.7 Å². The van der Waals surface area contributed by atoms with Gasteiger partial charge >= 0.3 is 0 Å². The average Bonchev–Trinajstić information content (AvgIpc) is 2.79. The SMILES string of the molecule is Cc1ccc2c(OCc3nnc4n3CCCCC4)cccc2n1. The van der Waals surface area contributed by atoms with Crippen molar-refractivity contribution >= 4 is 10.9 Å². The lowest BCUT2D eigenvalue weighted by Crippen LogP contribution is -2.09. The highest BCUT2D eigenvalue weighted by Gasteiger charge is 2.15. The van der Waals surface area contributed by atoms with Crippen molar-refractivity contribution in [3.63, 3.8) is 0 Å². The zero-order valence-corrected chi connectivity index (χ0v) is 13.3. The standard InChI is InChI=1S/C18H20N4O/c1-13-9-10-14-15(19-13)6-5-7-16(14)23-12-18-21-20-17-8-3-2-4-11-22(17)18/h5-7,9-10H,2-4,8,11-12H2,1H3. The third-order valence-electron chi connectivity index (χ3n) is 4.37. The van der Waals surface area contributed by atoms with Gasteiger partial charge < -0.3 is 9.30 Å². The zero-order valence-electron chi connectivity index (χ0n) is 13.3. The van der Waals surface area contributed by atoms with Crippen LogP contribution < -0.4 is 4.74 Å². The van der Waals surface area contributed by atoms with Crippen LogP contribution in [0.5, 0.6) is 5.75 Å². The van der Waals surface area contributed by atoms with Gasteiger partial charge in [0.25, 0.3) is 0 Å². The number of ether oxygens (including phenoxy) is 1. The van der Waals surface area contributed by atoms with Gasteiger partial charge in [-0.25, -0.2) is 0 Å². The van der Waals surface area contributed by atoms with Crippen LogP contribution >= 0.6 is 0 Å². The highest BCUT2D eigenvalue weighted by molar-refractivity contribution is 5.85. The first-order chi connectivity index (χ1) is 11.3. The maximum atomic E-state index is 6.05. The van der Waals surface area contributed by atoms with E-state index in [0.29, 0.717) is 6.61 Å². The number of nitrogens with zero attached hydrogens (tertiary/aromatic N) is 4. The normalized spacial score (nSPS) is 14.5. The van der Waals surface area contributed by atoms with E-state index < -0.39 is 0 Å². The molecule has 1 aromatic carbocycles. The molecule has 0 unspecified atom stereocenters. The molecule has 2 aromatic heterocycles. The predicted octanol–water partition coefficient (Wildman–Crippen LogP) is 3.44. The van der Waals surface area contributed by atoms with Gasteiger partial charge in [0.1, 0.15) is 18.2 Å². The summed E-state index contributed by atoms with van der Waals surface area (Å²) in [4.78, 5) is 4.55. The van der Waals surface area contributed by atoms with Crippen LogP contribution in [0.3, 0.4) is 0 Å². The Balaban J connectivity index is 1.59. The zero-order chi connectivity index (χ0) is 15.6. The Kier molecular flexibility index (Phi) is 3.69. The van der Waals surface area contributed by atoms with Crippen LogP contribution in [0.4, 0.5) is 0 Å². The number of benzene rings is 1. The fourth-order valence-corrected chi connectivity index (χ4v) is 3.15. The third kappa shape index (κ3) is 2.79. The number of aromatic nitrogens is 4. The van der Waals surface area contributed by atoms with Crippen LogP contribution in [0, 0.1) is 6.92 Å². The molecule has 0 aliphatic carbocycles. The highest BCUT2D eigenvalue weighted by Crippen LogP contribution is 2.25. The second-order valence-electron chi connectivity index (χ2n) is 6.06. The number of rotatable bonds is 3. The van der Waals surface area contributed by atoms with E-state index in [1.807, 2.05) is 31.2 Å². The number of hydrogen-bond acceptors (Lipinski definition) is 4. The smallest absolute Gasteiger partial charge is 0.171 e. The van der Waals surface area contributed by atoms with Crippen LogP contribution in [0.15, 0.2) is 30.3 Å². The number of pyridine rings is 1. The van der Waals surface area contributed by atoms with Gasteiger partial charge in [0.15, 0.2) is 5.82 Å². The summed E-state index contributed by atoms with van der Waals surface area (Å²) in [6, 6.07) is 10.1. The van der Waals surface area contributed by atoms with Gasteiger partial charge in [0, 0.05) is 24.0 Å². The first-order valence-corrected chi connectivity index (χ1v) is 8.21. The molecule has 3 aromatic rings. The minimum atomic E-state index is 0.444. The molecule has 0 bridgehead atoms. The van der Waals surface area contributed by atoms with Gasteiger partial charge in [0.2, 0.25) is 0 Å². The summed E-state index contributed by atoms with van der Waals surface area (Å²) in [5.74, 6) is 2.86. The van der Waals surface area contributed by atoms with Crippen LogP contribution in [0.1, 0.15) is 36.6 Å². The Bertz CT molecular complexity index is 840. The van der Waals surface area contributed by atoms with Crippen LogP contribution in [-0.2, 0) is 19.6 Å². The van der Waals surface area contributed by atoms with E-state index in [1.165, 1.54) is 19.3 Å². The Morgan fingerprint density at radius 1 is 1.09 bits per heavy atom. The summed E-state index contributed by atoms with van der Waals surface area (Å²) in [6.07, 6.45) is 4.67. The van der Waals surface area contributed by atoms with Gasteiger partial charge in [-0.05, 0) is 44.0 Å². The van der Waals surface area contributed by atoms with Crippen molar-refractivity contribution in [3.8, 4) is 5.75 Å². The van der Waals surface area contributed by atoms with Gasteiger partial charge in [-0.1, -0.05) is 12.5 Å². The van der Waals surface area contributed by atoms with Crippen molar-refractivity contribution in [3.05, 3.63) is 47.7 Å². The molecule has 0 amide bonds. The summed E-state index contributed by atoms with van der Waals surface area (Å²) in [5, 5.41) is 9.68. The minimum Gasteiger partial charge on any atom is -0.485 e. The molecule has 0 fully saturated rings. The molecule has 5 heteroatoms. The summed E-state index contributed by atoms with van der Waals surface area (Å²) in [5.41, 5.74) is 1.97. The van der Waals surface area contributed by atoms with Crippen LogP contribution in [0.25, 0.3) is 10.9 Å². The summed E-state index contributed by atoms with van der Waals surface area (Å²) in [7, 11) is 0. The maximum Gasteiger partial charge on any atom is 0.171 e. The quantitative estimate of drug-likeness (QED) is 0.744. The second-order valence-corrected chi connectivity index (χ2v) is 6.06. The molecule has 0 saturated heterocycles. The first-order valence-electron chi connectivity index (χ1n) is 8.21. The minimum absolute atomic E-state index is 0.444. The fourth-order valence-electron chi connectivity index (χ4n) is 3.15. The molecule has 1 aliphatic heterocycles. The molecule has 4 rings (SSSR count). The molecule has 23 heavy (non-hydrogen) atoms. The molecule has 0 N–H and O–H groups in total. The number of fused-ring (bicyclic) bond motifs is 2. The lowest BCUT2D eigenvalue weighted by Gasteiger charge is -2.10. The molecule has 118 valence electrons. The molecule has 0 spiro atoms. The van der Waals surface area contributed by atoms with Crippen molar-refractivity contribution in [2.45, 2.75) is 45.8 Å². The van der Waals surface area contributed by atoms with E-state index in [4.69, 9.17) is 4.74 Å². The Hall–Kier alpha value is -2.43. The maximum absolute atomic E-state index is 6.05. The lowest BCUT2D eigenvalue weighted by atomic mass is 10.2. The molecule has 3 heterocycles. The third-order valence-corrected chi connectivity index (χ3v) is 4.37. The largest absolute Gasteiger partial charge is 0.485 e. The van der Waals surface area contributed by atoms with Gasteiger partial charge in [-0.3, -0.25) is 4.98 Å². The monoisotopic (exact) mass is 308 g/mol. The Morgan fingerprint density at radius 2 is 2.04 bits per heavy atom. The van der Waals surface area contributed by atoms with E-state index in [-0.39, 0.29) is 0 Å². The average molecular weight is 308 g/mol. The van der Waals surface area contributed by atoms with Crippen molar-refractivity contribution in [1.29, 1.82) is 0 Å². The fraction of sp³-hybridized carbons (Fsp3) is 0.389. The first kappa shape index (κ1) is 14.2. The highest BCUT2D eigenvalue weighted by atomic mass is 16.5.